The van der Waals surface area contributed by atoms with Crippen molar-refractivity contribution in [3.05, 3.63) is 46.9 Å². The van der Waals surface area contributed by atoms with E-state index in [1.807, 2.05) is 0 Å². The van der Waals surface area contributed by atoms with Crippen LogP contribution in [0.15, 0.2) is 30.6 Å². The Labute approximate surface area is 113 Å². The van der Waals surface area contributed by atoms with Crippen molar-refractivity contribution < 1.29 is 0 Å². The third-order valence-corrected chi connectivity index (χ3v) is 3.31. The minimum Gasteiger partial charge on any atom is -0.236 e. The molecule has 1 aromatic carbocycles. The smallest absolute Gasteiger partial charge is 0.136 e. The van der Waals surface area contributed by atoms with Gasteiger partial charge in [0.1, 0.15) is 11.5 Å². The SMILES string of the molecule is CCCc1cccc(-c2ncnc(Cl)c2CC)c1. The van der Waals surface area contributed by atoms with Gasteiger partial charge >= 0.3 is 0 Å². The Morgan fingerprint density at radius 1 is 1.17 bits per heavy atom. The maximum Gasteiger partial charge on any atom is 0.136 e. The average Bonchev–Trinajstić information content (AvgIpc) is 2.39. The normalized spacial score (nSPS) is 10.6. The highest BCUT2D eigenvalue weighted by Gasteiger charge is 2.10. The molecule has 94 valence electrons. The second kappa shape index (κ2) is 5.96. The van der Waals surface area contributed by atoms with Crippen molar-refractivity contribution in [2.45, 2.75) is 33.1 Å². The van der Waals surface area contributed by atoms with E-state index in [4.69, 9.17) is 11.6 Å². The molecule has 2 nitrogen and oxygen atoms in total. The average molecular weight is 261 g/mol. The molecule has 0 spiro atoms. The summed E-state index contributed by atoms with van der Waals surface area (Å²) in [7, 11) is 0. The van der Waals surface area contributed by atoms with Gasteiger partial charge < -0.3 is 0 Å². The van der Waals surface area contributed by atoms with Gasteiger partial charge in [0.05, 0.1) is 5.69 Å². The van der Waals surface area contributed by atoms with Crippen molar-refractivity contribution in [2.75, 3.05) is 0 Å². The summed E-state index contributed by atoms with van der Waals surface area (Å²) in [6.07, 6.45) is 4.61. The Bertz CT molecular complexity index is 538. The highest BCUT2D eigenvalue weighted by molar-refractivity contribution is 6.30. The first-order chi connectivity index (χ1) is 8.76. The summed E-state index contributed by atoms with van der Waals surface area (Å²) in [5, 5.41) is 0.559. The van der Waals surface area contributed by atoms with Gasteiger partial charge in [0.2, 0.25) is 0 Å². The fraction of sp³-hybridized carbons (Fsp3) is 0.333. The molecule has 0 N–H and O–H groups in total. The fourth-order valence-corrected chi connectivity index (χ4v) is 2.38. The van der Waals surface area contributed by atoms with Gasteiger partial charge in [-0.15, -0.1) is 0 Å². The second-order valence-electron chi connectivity index (χ2n) is 4.30. The van der Waals surface area contributed by atoms with E-state index in [1.54, 1.807) is 0 Å². The lowest BCUT2D eigenvalue weighted by molar-refractivity contribution is 0.922. The molecule has 0 atom stereocenters. The Balaban J connectivity index is 2.48. The molecule has 1 aromatic heterocycles. The van der Waals surface area contributed by atoms with Gasteiger partial charge in [-0.3, -0.25) is 0 Å². The zero-order valence-corrected chi connectivity index (χ0v) is 11.5. The Morgan fingerprint density at radius 2 is 2.00 bits per heavy atom. The molecule has 0 amide bonds. The van der Waals surface area contributed by atoms with Crippen LogP contribution in [0, 0.1) is 0 Å². The third-order valence-electron chi connectivity index (χ3n) is 2.99. The topological polar surface area (TPSA) is 25.8 Å². The zero-order chi connectivity index (χ0) is 13.0. The summed E-state index contributed by atoms with van der Waals surface area (Å²) in [6, 6.07) is 8.51. The molecular weight excluding hydrogens is 244 g/mol. The molecule has 0 bridgehead atoms. The van der Waals surface area contributed by atoms with E-state index in [9.17, 15) is 0 Å². The molecule has 2 rings (SSSR count). The summed E-state index contributed by atoms with van der Waals surface area (Å²) in [4.78, 5) is 8.44. The van der Waals surface area contributed by atoms with E-state index in [0.29, 0.717) is 5.15 Å². The predicted molar refractivity (Wildman–Crippen MR) is 75.9 cm³/mol. The minimum atomic E-state index is 0.559. The summed E-state index contributed by atoms with van der Waals surface area (Å²) in [5.41, 5.74) is 4.44. The third kappa shape index (κ3) is 2.70. The Kier molecular flexibility index (Phi) is 4.32. The summed E-state index contributed by atoms with van der Waals surface area (Å²) < 4.78 is 0. The Hall–Kier alpha value is -1.41. The standard InChI is InChI=1S/C15H17ClN2/c1-3-6-11-7-5-8-12(9-11)14-13(4-2)15(16)18-10-17-14/h5,7-10H,3-4,6H2,1-2H3. The van der Waals surface area contributed by atoms with Crippen LogP contribution in [-0.2, 0) is 12.8 Å². The number of hydrogen-bond donors (Lipinski definition) is 0. The molecule has 0 aliphatic rings. The van der Waals surface area contributed by atoms with Crippen molar-refractivity contribution in [1.82, 2.24) is 9.97 Å². The van der Waals surface area contributed by atoms with Crippen LogP contribution < -0.4 is 0 Å². The first-order valence-corrected chi connectivity index (χ1v) is 6.72. The largest absolute Gasteiger partial charge is 0.236 e. The van der Waals surface area contributed by atoms with Crippen molar-refractivity contribution in [3.8, 4) is 11.3 Å². The van der Waals surface area contributed by atoms with Crippen LogP contribution in [0.2, 0.25) is 5.15 Å². The van der Waals surface area contributed by atoms with Crippen LogP contribution in [0.5, 0.6) is 0 Å². The molecule has 0 radical (unpaired) electrons. The summed E-state index contributed by atoms with van der Waals surface area (Å²) in [6.45, 7) is 4.26. The van der Waals surface area contributed by atoms with E-state index < -0.39 is 0 Å². The molecule has 0 saturated carbocycles. The second-order valence-corrected chi connectivity index (χ2v) is 4.65. The molecule has 2 aromatic rings. The molecule has 0 aliphatic heterocycles. The molecule has 1 heterocycles. The van der Waals surface area contributed by atoms with Crippen LogP contribution in [0.4, 0.5) is 0 Å². The van der Waals surface area contributed by atoms with Gasteiger partial charge in [-0.05, 0) is 24.5 Å². The fourth-order valence-electron chi connectivity index (χ4n) is 2.12. The van der Waals surface area contributed by atoms with Crippen LogP contribution in [-0.4, -0.2) is 9.97 Å². The minimum absolute atomic E-state index is 0.559. The van der Waals surface area contributed by atoms with Crippen LogP contribution in [0.25, 0.3) is 11.3 Å². The monoisotopic (exact) mass is 260 g/mol. The first-order valence-electron chi connectivity index (χ1n) is 6.35. The first kappa shape index (κ1) is 13.0. The van der Waals surface area contributed by atoms with Gasteiger partial charge in [0, 0.05) is 11.1 Å². The lowest BCUT2D eigenvalue weighted by Crippen LogP contribution is -1.96. The van der Waals surface area contributed by atoms with E-state index in [-0.39, 0.29) is 0 Å². The van der Waals surface area contributed by atoms with Gasteiger partial charge in [-0.2, -0.15) is 0 Å². The van der Waals surface area contributed by atoms with E-state index in [2.05, 4.69) is 48.1 Å². The van der Waals surface area contributed by atoms with Crippen molar-refractivity contribution >= 4 is 11.6 Å². The predicted octanol–water partition coefficient (Wildman–Crippen LogP) is 4.31. The van der Waals surface area contributed by atoms with Crippen LogP contribution in [0.1, 0.15) is 31.4 Å². The molecule has 0 unspecified atom stereocenters. The van der Waals surface area contributed by atoms with E-state index >= 15 is 0 Å². The quantitative estimate of drug-likeness (QED) is 0.766. The lowest BCUT2D eigenvalue weighted by atomic mass is 10.0. The molecule has 0 fully saturated rings. The molecular formula is C15H17ClN2. The maximum atomic E-state index is 6.13. The lowest BCUT2D eigenvalue weighted by Gasteiger charge is -2.09. The van der Waals surface area contributed by atoms with Crippen molar-refractivity contribution in [2.24, 2.45) is 0 Å². The number of benzene rings is 1. The summed E-state index contributed by atoms with van der Waals surface area (Å²) in [5.74, 6) is 0. The van der Waals surface area contributed by atoms with Gasteiger partial charge in [0.25, 0.3) is 0 Å². The Morgan fingerprint density at radius 3 is 2.72 bits per heavy atom. The highest BCUT2D eigenvalue weighted by atomic mass is 35.5. The number of hydrogen-bond acceptors (Lipinski definition) is 2. The molecule has 0 aliphatic carbocycles. The van der Waals surface area contributed by atoms with Crippen LogP contribution in [0.3, 0.4) is 0 Å². The van der Waals surface area contributed by atoms with Gasteiger partial charge in [-0.25, -0.2) is 9.97 Å². The van der Waals surface area contributed by atoms with Crippen LogP contribution >= 0.6 is 11.6 Å². The van der Waals surface area contributed by atoms with Gasteiger partial charge in [-0.1, -0.05) is 50.1 Å². The number of halogens is 1. The molecule has 3 heteroatoms. The van der Waals surface area contributed by atoms with Crippen molar-refractivity contribution in [3.63, 3.8) is 0 Å². The molecule has 0 saturated heterocycles. The number of aromatic nitrogens is 2. The van der Waals surface area contributed by atoms with Gasteiger partial charge in [0.15, 0.2) is 0 Å². The number of rotatable bonds is 4. The zero-order valence-electron chi connectivity index (χ0n) is 10.8. The van der Waals surface area contributed by atoms with E-state index in [0.717, 1.165) is 36.1 Å². The maximum absolute atomic E-state index is 6.13. The number of nitrogens with zero attached hydrogens (tertiary/aromatic N) is 2. The number of aryl methyl sites for hydroxylation is 1. The molecule has 18 heavy (non-hydrogen) atoms. The summed E-state index contributed by atoms with van der Waals surface area (Å²) >= 11 is 6.13. The highest BCUT2D eigenvalue weighted by Crippen LogP contribution is 2.26. The van der Waals surface area contributed by atoms with Crippen molar-refractivity contribution in [1.29, 1.82) is 0 Å². The van der Waals surface area contributed by atoms with E-state index in [1.165, 1.54) is 11.9 Å².